The average Bonchev–Trinajstić information content (AvgIpc) is 2.65. The molecule has 1 aliphatic rings. The molecule has 1 unspecified atom stereocenters. The summed E-state index contributed by atoms with van der Waals surface area (Å²) in [5.41, 5.74) is 5.43. The highest BCUT2D eigenvalue weighted by Gasteiger charge is 2.28. The number of carbonyl (C=O) groups is 1. The maximum absolute atomic E-state index is 12.0. The number of likely N-dealkylation sites (N-methyl/N-ethyl adjacent to an activating group) is 1. The van der Waals surface area contributed by atoms with Crippen molar-refractivity contribution >= 4 is 5.91 Å². The summed E-state index contributed by atoms with van der Waals surface area (Å²) in [6, 6.07) is 0.431. The van der Waals surface area contributed by atoms with E-state index in [4.69, 9.17) is 5.73 Å². The first-order valence-electron chi connectivity index (χ1n) is 6.29. The van der Waals surface area contributed by atoms with Gasteiger partial charge in [0.25, 0.3) is 0 Å². The van der Waals surface area contributed by atoms with Gasteiger partial charge in [0.1, 0.15) is 0 Å². The Bertz CT molecular complexity index is 218. The number of carbonyl (C=O) groups excluding carboxylic acids is 1. The highest BCUT2D eigenvalue weighted by atomic mass is 16.2. The van der Waals surface area contributed by atoms with Crippen molar-refractivity contribution in [3.63, 3.8) is 0 Å². The van der Waals surface area contributed by atoms with Crippen LogP contribution < -0.4 is 5.73 Å². The van der Waals surface area contributed by atoms with E-state index in [0.717, 1.165) is 38.8 Å². The van der Waals surface area contributed by atoms with E-state index in [1.807, 2.05) is 0 Å². The van der Waals surface area contributed by atoms with E-state index in [2.05, 4.69) is 23.9 Å². The van der Waals surface area contributed by atoms with Gasteiger partial charge in [0.15, 0.2) is 0 Å². The van der Waals surface area contributed by atoms with Crippen molar-refractivity contribution in [3.05, 3.63) is 0 Å². The lowest BCUT2D eigenvalue weighted by Crippen LogP contribution is -2.41. The van der Waals surface area contributed by atoms with Crippen LogP contribution in [0.1, 0.15) is 32.1 Å². The van der Waals surface area contributed by atoms with Gasteiger partial charge in [-0.05, 0) is 46.3 Å². The van der Waals surface area contributed by atoms with E-state index in [1.54, 1.807) is 0 Å². The Morgan fingerprint density at radius 3 is 2.81 bits per heavy atom. The molecule has 0 spiro atoms. The molecule has 0 aliphatic carbocycles. The number of rotatable bonds is 6. The van der Waals surface area contributed by atoms with Crippen LogP contribution in [-0.4, -0.2) is 55.5 Å². The minimum absolute atomic E-state index is 0.317. The quantitative estimate of drug-likeness (QED) is 0.678. The number of unbranched alkanes of at least 4 members (excludes halogenated alkanes) is 1. The highest BCUT2D eigenvalue weighted by Crippen LogP contribution is 2.19. The maximum Gasteiger partial charge on any atom is 0.222 e. The molecule has 16 heavy (non-hydrogen) atoms. The number of nitrogens with two attached hydrogens (primary N) is 1. The normalized spacial score (nSPS) is 20.8. The summed E-state index contributed by atoms with van der Waals surface area (Å²) in [5, 5.41) is 0. The monoisotopic (exact) mass is 227 g/mol. The zero-order chi connectivity index (χ0) is 12.0. The fraction of sp³-hybridized carbons (Fsp3) is 0.917. The van der Waals surface area contributed by atoms with Gasteiger partial charge in [-0.1, -0.05) is 0 Å². The first kappa shape index (κ1) is 13.5. The number of amides is 1. The second-order valence-electron chi connectivity index (χ2n) is 4.89. The van der Waals surface area contributed by atoms with Gasteiger partial charge in [0, 0.05) is 25.6 Å². The SMILES string of the molecule is CN(C)CC1CCCN1C(=O)CCCCN. The Morgan fingerprint density at radius 2 is 2.19 bits per heavy atom. The first-order chi connectivity index (χ1) is 7.65. The van der Waals surface area contributed by atoms with Crippen LogP contribution in [0.15, 0.2) is 0 Å². The fourth-order valence-corrected chi connectivity index (χ4v) is 2.34. The lowest BCUT2D eigenvalue weighted by Gasteiger charge is -2.27. The van der Waals surface area contributed by atoms with Gasteiger partial charge >= 0.3 is 0 Å². The van der Waals surface area contributed by atoms with E-state index < -0.39 is 0 Å². The first-order valence-corrected chi connectivity index (χ1v) is 6.29. The van der Waals surface area contributed by atoms with Crippen molar-refractivity contribution in [2.75, 3.05) is 33.7 Å². The molecule has 2 N–H and O–H groups in total. The largest absolute Gasteiger partial charge is 0.338 e. The Labute approximate surface area is 98.8 Å². The molecular formula is C12H25N3O. The van der Waals surface area contributed by atoms with Crippen molar-refractivity contribution < 1.29 is 4.79 Å². The van der Waals surface area contributed by atoms with Gasteiger partial charge < -0.3 is 15.5 Å². The van der Waals surface area contributed by atoms with Gasteiger partial charge in [-0.3, -0.25) is 4.79 Å². The molecule has 0 radical (unpaired) electrons. The summed E-state index contributed by atoms with van der Waals surface area (Å²) in [6.07, 6.45) is 4.86. The van der Waals surface area contributed by atoms with Gasteiger partial charge in [-0.2, -0.15) is 0 Å². The summed E-state index contributed by atoms with van der Waals surface area (Å²) < 4.78 is 0. The van der Waals surface area contributed by atoms with Gasteiger partial charge in [-0.15, -0.1) is 0 Å². The van der Waals surface area contributed by atoms with E-state index in [1.165, 1.54) is 0 Å². The summed E-state index contributed by atoms with van der Waals surface area (Å²) >= 11 is 0. The third-order valence-electron chi connectivity index (χ3n) is 3.12. The fourth-order valence-electron chi connectivity index (χ4n) is 2.34. The topological polar surface area (TPSA) is 49.6 Å². The molecule has 1 rings (SSSR count). The number of hydrogen-bond acceptors (Lipinski definition) is 3. The predicted octanol–water partition coefficient (Wildman–Crippen LogP) is 0.668. The molecular weight excluding hydrogens is 202 g/mol. The molecule has 4 heteroatoms. The zero-order valence-electron chi connectivity index (χ0n) is 10.6. The van der Waals surface area contributed by atoms with Crippen LogP contribution in [0.3, 0.4) is 0 Å². The zero-order valence-corrected chi connectivity index (χ0v) is 10.6. The van der Waals surface area contributed by atoms with Crippen LogP contribution in [0.2, 0.25) is 0 Å². The van der Waals surface area contributed by atoms with Crippen LogP contribution in [-0.2, 0) is 4.79 Å². The van der Waals surface area contributed by atoms with Gasteiger partial charge in [0.2, 0.25) is 5.91 Å². The van der Waals surface area contributed by atoms with Crippen molar-refractivity contribution in [3.8, 4) is 0 Å². The summed E-state index contributed by atoms with van der Waals surface area (Å²) in [5.74, 6) is 0.317. The van der Waals surface area contributed by atoms with Crippen LogP contribution >= 0.6 is 0 Å². The Kier molecular flexibility index (Phi) is 5.77. The molecule has 1 heterocycles. The van der Waals surface area contributed by atoms with Crippen molar-refractivity contribution in [1.82, 2.24) is 9.80 Å². The Balaban J connectivity index is 2.35. The second-order valence-corrected chi connectivity index (χ2v) is 4.89. The Morgan fingerprint density at radius 1 is 1.44 bits per heavy atom. The molecule has 1 saturated heterocycles. The number of likely N-dealkylation sites (tertiary alicyclic amines) is 1. The van der Waals surface area contributed by atoms with Crippen molar-refractivity contribution in [2.45, 2.75) is 38.1 Å². The third kappa shape index (κ3) is 4.10. The standard InChI is InChI=1S/C12H25N3O/c1-14(2)10-11-6-5-9-15(11)12(16)7-3-4-8-13/h11H,3-10,13H2,1-2H3. The highest BCUT2D eigenvalue weighted by molar-refractivity contribution is 5.76. The van der Waals surface area contributed by atoms with E-state index in [9.17, 15) is 4.79 Å². The van der Waals surface area contributed by atoms with Crippen LogP contribution in [0.4, 0.5) is 0 Å². The molecule has 0 aromatic carbocycles. The summed E-state index contributed by atoms with van der Waals surface area (Å²) in [4.78, 5) is 16.2. The molecule has 0 aromatic rings. The molecule has 0 saturated carbocycles. The molecule has 0 aromatic heterocycles. The molecule has 1 aliphatic heterocycles. The van der Waals surface area contributed by atoms with Crippen LogP contribution in [0, 0.1) is 0 Å². The third-order valence-corrected chi connectivity index (χ3v) is 3.12. The van der Waals surface area contributed by atoms with Gasteiger partial charge in [0.05, 0.1) is 0 Å². The minimum Gasteiger partial charge on any atom is -0.338 e. The Hall–Kier alpha value is -0.610. The van der Waals surface area contributed by atoms with Gasteiger partial charge in [-0.25, -0.2) is 0 Å². The van der Waals surface area contributed by atoms with E-state index in [-0.39, 0.29) is 0 Å². The molecule has 0 bridgehead atoms. The molecule has 1 atom stereocenters. The molecule has 4 nitrogen and oxygen atoms in total. The van der Waals surface area contributed by atoms with Crippen molar-refractivity contribution in [2.24, 2.45) is 5.73 Å². The van der Waals surface area contributed by atoms with Crippen LogP contribution in [0.5, 0.6) is 0 Å². The van der Waals surface area contributed by atoms with E-state index >= 15 is 0 Å². The smallest absolute Gasteiger partial charge is 0.222 e. The summed E-state index contributed by atoms with van der Waals surface area (Å²) in [7, 11) is 4.13. The van der Waals surface area contributed by atoms with Crippen LogP contribution in [0.25, 0.3) is 0 Å². The predicted molar refractivity (Wildman–Crippen MR) is 66.2 cm³/mol. The van der Waals surface area contributed by atoms with E-state index in [0.29, 0.717) is 24.9 Å². The minimum atomic E-state index is 0.317. The summed E-state index contributed by atoms with van der Waals surface area (Å²) in [6.45, 7) is 2.62. The maximum atomic E-state index is 12.0. The molecule has 94 valence electrons. The number of nitrogens with zero attached hydrogens (tertiary/aromatic N) is 2. The molecule has 1 fully saturated rings. The second kappa shape index (κ2) is 6.86. The lowest BCUT2D eigenvalue weighted by atomic mass is 10.2. The lowest BCUT2D eigenvalue weighted by molar-refractivity contribution is -0.132. The van der Waals surface area contributed by atoms with Crippen molar-refractivity contribution in [1.29, 1.82) is 0 Å². The molecule has 1 amide bonds. The number of hydrogen-bond donors (Lipinski definition) is 1. The average molecular weight is 227 g/mol.